The highest BCUT2D eigenvalue weighted by Gasteiger charge is 2.45. The van der Waals surface area contributed by atoms with Crippen LogP contribution in [0.4, 0.5) is 0 Å². The second-order valence-corrected chi connectivity index (χ2v) is 8.51. The fraction of sp³-hybridized carbons (Fsp3) is 0.462. The fourth-order valence-corrected chi connectivity index (χ4v) is 3.85. The molecule has 1 fully saturated rings. The number of ether oxygens (including phenoxy) is 3. The maximum atomic E-state index is 10.9. The summed E-state index contributed by atoms with van der Waals surface area (Å²) >= 11 is 0. The highest BCUT2D eigenvalue weighted by atomic mass is 16.7. The Morgan fingerprint density at radius 2 is 1.77 bits per heavy atom. The Hall–Kier alpha value is -2.02. The lowest BCUT2D eigenvalue weighted by atomic mass is 10.1. The van der Waals surface area contributed by atoms with Crippen molar-refractivity contribution in [2.75, 3.05) is 26.2 Å². The Labute approximate surface area is 185 Å². The molecule has 1 heterocycles. The standard InChI is InChI=1S/C26H35NO4/c1-5-13-27(14-6-2)16-23-25(24(28)26(31-23)30-17-19(3)4)29-18-20-11-12-21-9-7-8-10-22(21)15-20/h5-12,15,19,23-26,28H,1-2,13-14,16-18H2,3-4H3/t23-,24-,25+,26?/m1/s1. The number of nitrogens with zero attached hydrogens (tertiary/aromatic N) is 1. The Morgan fingerprint density at radius 1 is 1.06 bits per heavy atom. The van der Waals surface area contributed by atoms with Crippen molar-refractivity contribution in [3.8, 4) is 0 Å². The van der Waals surface area contributed by atoms with Gasteiger partial charge in [-0.15, -0.1) is 13.2 Å². The minimum atomic E-state index is -0.849. The van der Waals surface area contributed by atoms with E-state index in [1.54, 1.807) is 0 Å². The molecule has 0 radical (unpaired) electrons. The number of aliphatic hydroxyl groups excluding tert-OH is 1. The molecule has 0 aliphatic carbocycles. The molecule has 1 saturated heterocycles. The van der Waals surface area contributed by atoms with Crippen LogP contribution >= 0.6 is 0 Å². The zero-order valence-corrected chi connectivity index (χ0v) is 18.7. The van der Waals surface area contributed by atoms with Crippen LogP contribution in [-0.4, -0.2) is 60.8 Å². The van der Waals surface area contributed by atoms with Crippen LogP contribution in [0.25, 0.3) is 10.8 Å². The summed E-state index contributed by atoms with van der Waals surface area (Å²) in [7, 11) is 0. The van der Waals surface area contributed by atoms with Crippen LogP contribution in [0.2, 0.25) is 0 Å². The molecule has 5 nitrogen and oxygen atoms in total. The van der Waals surface area contributed by atoms with Crippen molar-refractivity contribution in [3.05, 3.63) is 73.3 Å². The van der Waals surface area contributed by atoms with Gasteiger partial charge in [-0.05, 0) is 28.3 Å². The molecule has 1 N–H and O–H groups in total. The van der Waals surface area contributed by atoms with E-state index in [0.717, 1.165) is 5.56 Å². The number of benzene rings is 2. The van der Waals surface area contributed by atoms with E-state index in [1.165, 1.54) is 10.8 Å². The number of fused-ring (bicyclic) bond motifs is 1. The number of aliphatic hydroxyl groups is 1. The van der Waals surface area contributed by atoms with E-state index in [4.69, 9.17) is 14.2 Å². The summed E-state index contributed by atoms with van der Waals surface area (Å²) in [6, 6.07) is 14.5. The Balaban J connectivity index is 1.71. The van der Waals surface area contributed by atoms with Gasteiger partial charge in [0, 0.05) is 19.6 Å². The Morgan fingerprint density at radius 3 is 2.45 bits per heavy atom. The fourth-order valence-electron chi connectivity index (χ4n) is 3.85. The third-order valence-corrected chi connectivity index (χ3v) is 5.35. The van der Waals surface area contributed by atoms with Gasteiger partial charge in [-0.1, -0.05) is 62.4 Å². The summed E-state index contributed by atoms with van der Waals surface area (Å²) in [6.07, 6.45) is 1.37. The van der Waals surface area contributed by atoms with Crippen molar-refractivity contribution in [1.82, 2.24) is 4.90 Å². The number of hydrogen-bond acceptors (Lipinski definition) is 5. The van der Waals surface area contributed by atoms with Gasteiger partial charge in [0.25, 0.3) is 0 Å². The molecule has 3 rings (SSSR count). The second-order valence-electron chi connectivity index (χ2n) is 8.51. The smallest absolute Gasteiger partial charge is 0.186 e. The lowest BCUT2D eigenvalue weighted by Gasteiger charge is -2.26. The van der Waals surface area contributed by atoms with Gasteiger partial charge in [-0.2, -0.15) is 0 Å². The minimum absolute atomic E-state index is 0.312. The van der Waals surface area contributed by atoms with Gasteiger partial charge in [0.05, 0.1) is 13.2 Å². The van der Waals surface area contributed by atoms with E-state index in [1.807, 2.05) is 24.3 Å². The van der Waals surface area contributed by atoms with Gasteiger partial charge >= 0.3 is 0 Å². The van der Waals surface area contributed by atoms with Crippen molar-refractivity contribution in [3.63, 3.8) is 0 Å². The largest absolute Gasteiger partial charge is 0.385 e. The van der Waals surface area contributed by atoms with Crippen LogP contribution in [0.15, 0.2) is 67.8 Å². The molecule has 2 aromatic rings. The molecule has 0 amide bonds. The van der Waals surface area contributed by atoms with Crippen molar-refractivity contribution >= 4 is 10.8 Å². The molecular weight excluding hydrogens is 390 g/mol. The molecular formula is C26H35NO4. The SMILES string of the molecule is C=CCN(CC=C)C[C@H]1OC(OCC(C)C)[C@H](O)[C@H]1OCc1ccc2ccccc2c1. The van der Waals surface area contributed by atoms with Crippen LogP contribution < -0.4 is 0 Å². The lowest BCUT2D eigenvalue weighted by Crippen LogP contribution is -2.42. The minimum Gasteiger partial charge on any atom is -0.385 e. The van der Waals surface area contributed by atoms with E-state index in [-0.39, 0.29) is 6.10 Å². The molecule has 168 valence electrons. The van der Waals surface area contributed by atoms with Crippen LogP contribution in [0.5, 0.6) is 0 Å². The Kier molecular flexibility index (Phi) is 8.81. The summed E-state index contributed by atoms with van der Waals surface area (Å²) in [4.78, 5) is 2.16. The number of rotatable bonds is 12. The molecule has 1 unspecified atom stereocenters. The maximum Gasteiger partial charge on any atom is 0.186 e. The normalized spacial score (nSPS) is 23.6. The van der Waals surface area contributed by atoms with Crippen molar-refractivity contribution in [2.24, 2.45) is 5.92 Å². The molecule has 0 spiro atoms. The van der Waals surface area contributed by atoms with E-state index >= 15 is 0 Å². The van der Waals surface area contributed by atoms with E-state index < -0.39 is 18.5 Å². The van der Waals surface area contributed by atoms with Crippen molar-refractivity contribution < 1.29 is 19.3 Å². The molecule has 0 saturated carbocycles. The first-order valence-corrected chi connectivity index (χ1v) is 11.0. The van der Waals surface area contributed by atoms with E-state index in [9.17, 15) is 5.11 Å². The van der Waals surface area contributed by atoms with Gasteiger partial charge in [-0.3, -0.25) is 4.90 Å². The molecule has 31 heavy (non-hydrogen) atoms. The highest BCUT2D eigenvalue weighted by Crippen LogP contribution is 2.28. The van der Waals surface area contributed by atoms with Crippen LogP contribution in [0.3, 0.4) is 0 Å². The predicted molar refractivity (Wildman–Crippen MR) is 125 cm³/mol. The average molecular weight is 426 g/mol. The maximum absolute atomic E-state index is 10.9. The summed E-state index contributed by atoms with van der Waals surface area (Å²) < 4.78 is 18.2. The molecule has 4 atom stereocenters. The van der Waals surface area contributed by atoms with Gasteiger partial charge < -0.3 is 19.3 Å². The molecule has 0 aromatic heterocycles. The van der Waals surface area contributed by atoms with Gasteiger partial charge in [-0.25, -0.2) is 0 Å². The molecule has 1 aliphatic heterocycles. The first-order valence-electron chi connectivity index (χ1n) is 11.0. The Bertz CT molecular complexity index is 842. The number of hydrogen-bond donors (Lipinski definition) is 1. The van der Waals surface area contributed by atoms with Crippen LogP contribution in [0.1, 0.15) is 19.4 Å². The lowest BCUT2D eigenvalue weighted by molar-refractivity contribution is -0.171. The third-order valence-electron chi connectivity index (χ3n) is 5.35. The van der Waals surface area contributed by atoms with Crippen LogP contribution in [-0.2, 0) is 20.8 Å². The summed E-state index contributed by atoms with van der Waals surface area (Å²) in [5.74, 6) is 0.352. The van der Waals surface area contributed by atoms with Gasteiger partial charge in [0.2, 0.25) is 0 Å². The van der Waals surface area contributed by atoms with Crippen LogP contribution in [0, 0.1) is 5.92 Å². The first kappa shape index (κ1) is 23.6. The summed E-state index contributed by atoms with van der Waals surface area (Å²) in [5, 5.41) is 13.3. The zero-order chi connectivity index (χ0) is 22.2. The summed E-state index contributed by atoms with van der Waals surface area (Å²) in [5.41, 5.74) is 1.06. The van der Waals surface area contributed by atoms with Gasteiger partial charge in [0.15, 0.2) is 6.29 Å². The highest BCUT2D eigenvalue weighted by molar-refractivity contribution is 5.82. The average Bonchev–Trinajstić information content (AvgIpc) is 3.05. The molecule has 5 heteroatoms. The zero-order valence-electron chi connectivity index (χ0n) is 18.7. The molecule has 0 bridgehead atoms. The second kappa shape index (κ2) is 11.6. The summed E-state index contributed by atoms with van der Waals surface area (Å²) in [6.45, 7) is 14.7. The third kappa shape index (κ3) is 6.48. The van der Waals surface area contributed by atoms with Crippen molar-refractivity contribution in [2.45, 2.75) is 45.1 Å². The monoisotopic (exact) mass is 425 g/mol. The predicted octanol–water partition coefficient (Wildman–Crippen LogP) is 4.16. The quantitative estimate of drug-likeness (QED) is 0.518. The molecule has 2 aromatic carbocycles. The topological polar surface area (TPSA) is 51.2 Å². The van der Waals surface area contributed by atoms with E-state index in [0.29, 0.717) is 38.8 Å². The van der Waals surface area contributed by atoms with Gasteiger partial charge in [0.1, 0.15) is 18.3 Å². The van der Waals surface area contributed by atoms with Crippen molar-refractivity contribution in [1.29, 1.82) is 0 Å². The van der Waals surface area contributed by atoms with E-state index in [2.05, 4.69) is 62.2 Å². The molecule has 1 aliphatic rings. The first-order chi connectivity index (χ1) is 15.0.